The SMILES string of the molecule is CC(C)(C)OC(=O)N1CCC(c2c[nH]c3ncnc(O)c23)CC1. The van der Waals surface area contributed by atoms with Gasteiger partial charge in [0.15, 0.2) is 0 Å². The second kappa shape index (κ2) is 5.72. The van der Waals surface area contributed by atoms with Crippen molar-refractivity contribution in [1.29, 1.82) is 0 Å². The first-order chi connectivity index (χ1) is 10.8. The molecule has 0 aliphatic carbocycles. The van der Waals surface area contributed by atoms with Gasteiger partial charge >= 0.3 is 6.09 Å². The van der Waals surface area contributed by atoms with Crippen LogP contribution in [-0.2, 0) is 4.74 Å². The number of carbonyl (C=O) groups is 1. The Morgan fingerprint density at radius 3 is 2.70 bits per heavy atom. The third kappa shape index (κ3) is 3.23. The number of carbonyl (C=O) groups excluding carboxylic acids is 1. The molecular weight excluding hydrogens is 296 g/mol. The molecule has 124 valence electrons. The van der Waals surface area contributed by atoms with Gasteiger partial charge in [-0.3, -0.25) is 0 Å². The van der Waals surface area contributed by atoms with Crippen molar-refractivity contribution < 1.29 is 14.6 Å². The van der Waals surface area contributed by atoms with Crippen LogP contribution in [0.2, 0.25) is 0 Å². The van der Waals surface area contributed by atoms with Crippen molar-refractivity contribution in [3.63, 3.8) is 0 Å². The van der Waals surface area contributed by atoms with Crippen molar-refractivity contribution in [3.8, 4) is 5.88 Å². The molecule has 1 saturated heterocycles. The van der Waals surface area contributed by atoms with Gasteiger partial charge in [-0.2, -0.15) is 0 Å². The third-order valence-corrected chi connectivity index (χ3v) is 4.07. The summed E-state index contributed by atoms with van der Waals surface area (Å²) in [6, 6.07) is 0. The van der Waals surface area contributed by atoms with Crippen LogP contribution in [0.3, 0.4) is 0 Å². The number of aromatic amines is 1. The zero-order valence-electron chi connectivity index (χ0n) is 13.7. The van der Waals surface area contributed by atoms with Crippen molar-refractivity contribution in [2.75, 3.05) is 13.1 Å². The van der Waals surface area contributed by atoms with Crippen molar-refractivity contribution in [2.45, 2.75) is 45.1 Å². The molecule has 3 rings (SSSR count). The van der Waals surface area contributed by atoms with Crippen LogP contribution in [0, 0.1) is 0 Å². The molecule has 2 aromatic rings. The zero-order valence-corrected chi connectivity index (χ0v) is 13.7. The second-order valence-electron chi connectivity index (χ2n) is 6.91. The molecule has 0 bridgehead atoms. The topological polar surface area (TPSA) is 91.3 Å². The smallest absolute Gasteiger partial charge is 0.410 e. The Morgan fingerprint density at radius 1 is 1.35 bits per heavy atom. The highest BCUT2D eigenvalue weighted by Gasteiger charge is 2.29. The molecule has 2 aromatic heterocycles. The number of rotatable bonds is 1. The number of nitrogens with one attached hydrogen (secondary N) is 1. The molecule has 0 atom stereocenters. The highest BCUT2D eigenvalue weighted by atomic mass is 16.6. The summed E-state index contributed by atoms with van der Waals surface area (Å²) in [5.74, 6) is 0.264. The maximum absolute atomic E-state index is 12.1. The standard InChI is InChI=1S/C16H22N4O3/c1-16(2,3)23-15(22)20-6-4-10(5-7-20)11-8-17-13-12(11)14(21)19-9-18-13/h8-10H,4-7H2,1-3H3,(H2,17,18,19,21). The van der Waals surface area contributed by atoms with E-state index in [1.165, 1.54) is 6.33 Å². The van der Waals surface area contributed by atoms with E-state index in [0.717, 1.165) is 18.4 Å². The molecule has 0 aromatic carbocycles. The van der Waals surface area contributed by atoms with E-state index < -0.39 is 5.60 Å². The molecule has 1 aliphatic rings. The third-order valence-electron chi connectivity index (χ3n) is 4.07. The lowest BCUT2D eigenvalue weighted by Gasteiger charge is -2.33. The number of amides is 1. The van der Waals surface area contributed by atoms with Crippen molar-refractivity contribution >= 4 is 17.1 Å². The lowest BCUT2D eigenvalue weighted by Crippen LogP contribution is -2.41. The van der Waals surface area contributed by atoms with Crippen LogP contribution in [0.15, 0.2) is 12.5 Å². The van der Waals surface area contributed by atoms with Crippen LogP contribution in [0.5, 0.6) is 5.88 Å². The molecule has 0 unspecified atom stereocenters. The fraction of sp³-hybridized carbons (Fsp3) is 0.562. The second-order valence-corrected chi connectivity index (χ2v) is 6.91. The minimum Gasteiger partial charge on any atom is -0.493 e. The van der Waals surface area contributed by atoms with Gasteiger partial charge in [0, 0.05) is 19.3 Å². The van der Waals surface area contributed by atoms with E-state index in [1.54, 1.807) is 4.90 Å². The summed E-state index contributed by atoms with van der Waals surface area (Å²) in [6.45, 7) is 6.88. The van der Waals surface area contributed by atoms with Gasteiger partial charge in [-0.05, 0) is 45.1 Å². The number of ether oxygens (including phenoxy) is 1. The number of H-pyrrole nitrogens is 1. The largest absolute Gasteiger partial charge is 0.493 e. The lowest BCUT2D eigenvalue weighted by molar-refractivity contribution is 0.0205. The highest BCUT2D eigenvalue weighted by Crippen LogP contribution is 2.35. The Bertz CT molecular complexity index is 712. The van der Waals surface area contributed by atoms with Crippen LogP contribution >= 0.6 is 0 Å². The molecule has 0 radical (unpaired) electrons. The number of fused-ring (bicyclic) bond motifs is 1. The van der Waals surface area contributed by atoms with Gasteiger partial charge in [0.05, 0.1) is 5.39 Å². The Balaban J connectivity index is 1.70. The van der Waals surface area contributed by atoms with Crippen LogP contribution in [0.4, 0.5) is 4.79 Å². The summed E-state index contributed by atoms with van der Waals surface area (Å²) in [4.78, 5) is 24.9. The number of hydrogen-bond donors (Lipinski definition) is 2. The van der Waals surface area contributed by atoms with Crippen LogP contribution in [0.1, 0.15) is 45.1 Å². The molecule has 1 amide bonds. The van der Waals surface area contributed by atoms with Gasteiger partial charge in [-0.1, -0.05) is 0 Å². The fourth-order valence-corrected chi connectivity index (χ4v) is 2.99. The predicted molar refractivity (Wildman–Crippen MR) is 85.3 cm³/mol. The number of likely N-dealkylation sites (tertiary alicyclic amines) is 1. The number of piperidine rings is 1. The summed E-state index contributed by atoms with van der Waals surface area (Å²) in [5.41, 5.74) is 1.18. The van der Waals surface area contributed by atoms with Gasteiger partial charge in [-0.25, -0.2) is 14.8 Å². The molecule has 7 nitrogen and oxygen atoms in total. The van der Waals surface area contributed by atoms with E-state index in [2.05, 4.69) is 15.0 Å². The van der Waals surface area contributed by atoms with Gasteiger partial charge in [0.1, 0.15) is 17.6 Å². The van der Waals surface area contributed by atoms with E-state index >= 15 is 0 Å². The average Bonchev–Trinajstić information content (AvgIpc) is 2.91. The molecule has 7 heteroatoms. The Morgan fingerprint density at radius 2 is 2.04 bits per heavy atom. The first-order valence-electron chi connectivity index (χ1n) is 7.84. The van der Waals surface area contributed by atoms with Crippen molar-refractivity contribution in [3.05, 3.63) is 18.1 Å². The highest BCUT2D eigenvalue weighted by molar-refractivity contribution is 5.85. The van der Waals surface area contributed by atoms with E-state index in [0.29, 0.717) is 24.1 Å². The predicted octanol–water partition coefficient (Wildman–Crippen LogP) is 2.78. The summed E-state index contributed by atoms with van der Waals surface area (Å²) in [7, 11) is 0. The molecular formula is C16H22N4O3. The van der Waals surface area contributed by atoms with E-state index in [1.807, 2.05) is 27.0 Å². The first kappa shape index (κ1) is 15.6. The molecule has 2 N–H and O–H groups in total. The molecule has 3 heterocycles. The molecule has 0 saturated carbocycles. The Labute approximate surface area is 134 Å². The summed E-state index contributed by atoms with van der Waals surface area (Å²) in [6.07, 6.45) is 4.60. The van der Waals surface area contributed by atoms with Gasteiger partial charge < -0.3 is 19.7 Å². The number of aromatic nitrogens is 3. The monoisotopic (exact) mass is 318 g/mol. The number of hydrogen-bond acceptors (Lipinski definition) is 5. The average molecular weight is 318 g/mol. The minimum absolute atomic E-state index is 0.000761. The molecule has 0 spiro atoms. The quantitative estimate of drug-likeness (QED) is 0.843. The van der Waals surface area contributed by atoms with Gasteiger partial charge in [-0.15, -0.1) is 0 Å². The first-order valence-corrected chi connectivity index (χ1v) is 7.84. The van der Waals surface area contributed by atoms with Crippen molar-refractivity contribution in [2.24, 2.45) is 0 Å². The fourth-order valence-electron chi connectivity index (χ4n) is 2.99. The maximum Gasteiger partial charge on any atom is 0.410 e. The summed E-state index contributed by atoms with van der Waals surface area (Å²) in [5, 5.41) is 10.7. The Hall–Kier alpha value is -2.31. The van der Waals surface area contributed by atoms with Crippen LogP contribution in [0.25, 0.3) is 11.0 Å². The maximum atomic E-state index is 12.1. The van der Waals surface area contributed by atoms with Gasteiger partial charge in [0.25, 0.3) is 0 Å². The zero-order chi connectivity index (χ0) is 16.6. The van der Waals surface area contributed by atoms with Gasteiger partial charge in [0.2, 0.25) is 5.88 Å². The van der Waals surface area contributed by atoms with Crippen molar-refractivity contribution in [1.82, 2.24) is 19.9 Å². The number of nitrogens with zero attached hydrogens (tertiary/aromatic N) is 3. The minimum atomic E-state index is -0.478. The molecule has 23 heavy (non-hydrogen) atoms. The summed E-state index contributed by atoms with van der Waals surface area (Å²) >= 11 is 0. The van der Waals surface area contributed by atoms with Crippen LogP contribution < -0.4 is 0 Å². The lowest BCUT2D eigenvalue weighted by atomic mass is 9.90. The molecule has 1 fully saturated rings. The number of aromatic hydroxyl groups is 1. The van der Waals surface area contributed by atoms with Crippen LogP contribution in [-0.4, -0.2) is 49.7 Å². The van der Waals surface area contributed by atoms with E-state index in [-0.39, 0.29) is 17.9 Å². The van der Waals surface area contributed by atoms with E-state index in [4.69, 9.17) is 4.74 Å². The normalized spacial score (nSPS) is 16.7. The Kier molecular flexibility index (Phi) is 3.87. The molecule has 1 aliphatic heterocycles. The summed E-state index contributed by atoms with van der Waals surface area (Å²) < 4.78 is 5.41. The van der Waals surface area contributed by atoms with E-state index in [9.17, 15) is 9.90 Å².